The van der Waals surface area contributed by atoms with E-state index in [0.29, 0.717) is 6.29 Å². The molecule has 0 atom stereocenters. The smallest absolute Gasteiger partial charge is 0.142 e. The monoisotopic (exact) mass is 240 g/mol. The van der Waals surface area contributed by atoms with Gasteiger partial charge in [0.25, 0.3) is 0 Å². The van der Waals surface area contributed by atoms with Gasteiger partial charge in [-0.05, 0) is 35.3 Å². The molecule has 0 heterocycles. The molecular formula is C17H20O. The molecule has 0 aliphatic rings. The van der Waals surface area contributed by atoms with Gasteiger partial charge in [-0.1, -0.05) is 62.4 Å². The Balaban J connectivity index is 0.000000357. The molecule has 0 aliphatic carbocycles. The van der Waals surface area contributed by atoms with Crippen LogP contribution in [0.25, 0.3) is 10.8 Å². The molecule has 2 aromatic carbocycles. The summed E-state index contributed by atoms with van der Waals surface area (Å²) in [6, 6.07) is 15.2. The van der Waals surface area contributed by atoms with E-state index in [4.69, 9.17) is 4.79 Å². The number of hydrogen-bond donors (Lipinski definition) is 0. The molecule has 0 N–H and O–H groups in total. The van der Waals surface area contributed by atoms with E-state index >= 15 is 0 Å². The second kappa shape index (κ2) is 8.24. The lowest BCUT2D eigenvalue weighted by Crippen LogP contribution is -1.86. The number of carbonyl (C=O) groups is 1. The quantitative estimate of drug-likeness (QED) is 0.566. The van der Waals surface area contributed by atoms with Crippen molar-refractivity contribution in [3.8, 4) is 0 Å². The zero-order valence-electron chi connectivity index (χ0n) is 10.9. The summed E-state index contributed by atoms with van der Waals surface area (Å²) in [4.78, 5) is 9.06. The van der Waals surface area contributed by atoms with Crippen LogP contribution in [0.4, 0.5) is 0 Å². The van der Waals surface area contributed by atoms with Crippen molar-refractivity contribution in [2.75, 3.05) is 0 Å². The molecule has 0 unspecified atom stereocenters. The fourth-order valence-corrected chi connectivity index (χ4v) is 1.88. The number of allylic oxidation sites excluding steroid dienone is 1. The van der Waals surface area contributed by atoms with Gasteiger partial charge in [-0.2, -0.15) is 0 Å². The van der Waals surface area contributed by atoms with Crippen molar-refractivity contribution in [3.63, 3.8) is 0 Å². The third kappa shape index (κ3) is 4.17. The summed E-state index contributed by atoms with van der Waals surface area (Å²) in [6.07, 6.45) is 5.59. The fraction of sp³-hybridized carbons (Fsp3) is 0.235. The summed E-state index contributed by atoms with van der Waals surface area (Å²) in [5, 5.41) is 2.78. The lowest BCUT2D eigenvalue weighted by molar-refractivity contribution is -0.104. The van der Waals surface area contributed by atoms with Gasteiger partial charge in [0, 0.05) is 0 Å². The normalized spacial score (nSPS) is 9.39. The van der Waals surface area contributed by atoms with Crippen molar-refractivity contribution in [3.05, 3.63) is 60.7 Å². The molecule has 2 aromatic rings. The highest BCUT2D eigenvalue weighted by Crippen LogP contribution is 2.19. The number of unbranched alkanes of at least 4 members (excludes halogenated alkanes) is 1. The third-order valence-corrected chi connectivity index (χ3v) is 2.78. The Hall–Kier alpha value is -1.89. The summed E-state index contributed by atoms with van der Waals surface area (Å²) in [6.45, 7) is 5.35. The molecule has 2 rings (SSSR count). The molecule has 0 aliphatic heterocycles. The summed E-state index contributed by atoms with van der Waals surface area (Å²) in [7, 11) is 0. The highest BCUT2D eigenvalue weighted by molar-refractivity contribution is 5.85. The van der Waals surface area contributed by atoms with Crippen LogP contribution in [0.3, 0.4) is 0 Å². The number of hydrogen-bond acceptors (Lipinski definition) is 1. The van der Waals surface area contributed by atoms with Gasteiger partial charge in [-0.3, -0.25) is 4.79 Å². The number of fused-ring (bicyclic) bond motifs is 1. The maximum Gasteiger partial charge on any atom is 0.142 e. The molecule has 0 bridgehead atoms. The molecule has 1 heteroatoms. The van der Waals surface area contributed by atoms with Gasteiger partial charge in [-0.25, -0.2) is 0 Å². The van der Waals surface area contributed by atoms with Gasteiger partial charge < -0.3 is 0 Å². The predicted octanol–water partition coefficient (Wildman–Crippen LogP) is 4.55. The molecule has 0 amide bonds. The highest BCUT2D eigenvalue weighted by Gasteiger charge is 1.98. The first-order valence-electron chi connectivity index (χ1n) is 6.36. The van der Waals surface area contributed by atoms with E-state index in [1.807, 2.05) is 0 Å². The molecule has 0 fully saturated rings. The van der Waals surface area contributed by atoms with E-state index in [0.717, 1.165) is 0 Å². The van der Waals surface area contributed by atoms with Crippen molar-refractivity contribution in [2.24, 2.45) is 0 Å². The molecular weight excluding hydrogens is 220 g/mol. The standard InChI is InChI=1S/C14H16.C3H4O/c1-2-3-7-12-9-6-10-13-8-4-5-11-14(12)13;1-2-3-4/h4-6,8-11H,2-3,7H2,1H3;2-3H,1H2. The Morgan fingerprint density at radius 1 is 1.11 bits per heavy atom. The predicted molar refractivity (Wildman–Crippen MR) is 78.8 cm³/mol. The molecule has 0 saturated heterocycles. The average molecular weight is 240 g/mol. The Labute approximate surface area is 109 Å². The number of carbonyl (C=O) groups excluding carboxylic acids is 1. The number of rotatable bonds is 4. The van der Waals surface area contributed by atoms with E-state index in [2.05, 4.69) is 56.0 Å². The Morgan fingerprint density at radius 3 is 2.44 bits per heavy atom. The van der Waals surface area contributed by atoms with Crippen molar-refractivity contribution in [1.82, 2.24) is 0 Å². The molecule has 0 aromatic heterocycles. The zero-order valence-corrected chi connectivity index (χ0v) is 10.9. The van der Waals surface area contributed by atoms with Crippen molar-refractivity contribution >= 4 is 17.1 Å². The largest absolute Gasteiger partial charge is 0.299 e. The molecule has 18 heavy (non-hydrogen) atoms. The number of aldehydes is 1. The topological polar surface area (TPSA) is 17.1 Å². The minimum Gasteiger partial charge on any atom is -0.299 e. The molecule has 1 nitrogen and oxygen atoms in total. The molecule has 0 radical (unpaired) electrons. The van der Waals surface area contributed by atoms with Crippen molar-refractivity contribution in [2.45, 2.75) is 26.2 Å². The van der Waals surface area contributed by atoms with E-state index in [1.165, 1.54) is 41.7 Å². The van der Waals surface area contributed by atoms with E-state index < -0.39 is 0 Å². The number of benzene rings is 2. The van der Waals surface area contributed by atoms with Crippen LogP contribution in [-0.2, 0) is 11.2 Å². The summed E-state index contributed by atoms with van der Waals surface area (Å²) in [5.41, 5.74) is 1.49. The maximum absolute atomic E-state index is 9.06. The molecule has 0 spiro atoms. The van der Waals surface area contributed by atoms with Crippen LogP contribution >= 0.6 is 0 Å². The third-order valence-electron chi connectivity index (χ3n) is 2.78. The highest BCUT2D eigenvalue weighted by atomic mass is 16.1. The molecule has 94 valence electrons. The van der Waals surface area contributed by atoms with Crippen LogP contribution in [-0.4, -0.2) is 6.29 Å². The Morgan fingerprint density at radius 2 is 1.78 bits per heavy atom. The summed E-state index contributed by atoms with van der Waals surface area (Å²) < 4.78 is 0. The van der Waals surface area contributed by atoms with Gasteiger partial charge >= 0.3 is 0 Å². The van der Waals surface area contributed by atoms with Crippen molar-refractivity contribution in [1.29, 1.82) is 0 Å². The SMILES string of the molecule is C=CC=O.CCCCc1cccc2ccccc12. The van der Waals surface area contributed by atoms with Crippen LogP contribution < -0.4 is 0 Å². The molecule has 0 saturated carbocycles. The van der Waals surface area contributed by atoms with Gasteiger partial charge in [0.2, 0.25) is 0 Å². The lowest BCUT2D eigenvalue weighted by Gasteiger charge is -2.04. The van der Waals surface area contributed by atoms with Gasteiger partial charge in [0.05, 0.1) is 0 Å². The second-order valence-corrected chi connectivity index (χ2v) is 4.11. The van der Waals surface area contributed by atoms with Crippen LogP contribution in [0.5, 0.6) is 0 Å². The summed E-state index contributed by atoms with van der Waals surface area (Å²) >= 11 is 0. The van der Waals surface area contributed by atoms with Crippen LogP contribution in [0.2, 0.25) is 0 Å². The minimum absolute atomic E-state index is 0.639. The first-order chi connectivity index (χ1) is 8.83. The van der Waals surface area contributed by atoms with E-state index in [1.54, 1.807) is 0 Å². The number of aryl methyl sites for hydroxylation is 1. The van der Waals surface area contributed by atoms with E-state index in [-0.39, 0.29) is 0 Å². The summed E-state index contributed by atoms with van der Waals surface area (Å²) in [5.74, 6) is 0. The first-order valence-corrected chi connectivity index (χ1v) is 6.36. The Bertz CT molecular complexity index is 488. The lowest BCUT2D eigenvalue weighted by atomic mass is 10.0. The van der Waals surface area contributed by atoms with Crippen molar-refractivity contribution < 1.29 is 4.79 Å². The Kier molecular flexibility index (Phi) is 6.49. The first kappa shape index (κ1) is 14.2. The second-order valence-electron chi connectivity index (χ2n) is 4.11. The van der Waals surface area contributed by atoms with Crippen LogP contribution in [0.15, 0.2) is 55.1 Å². The van der Waals surface area contributed by atoms with Gasteiger partial charge in [-0.15, -0.1) is 0 Å². The fourth-order valence-electron chi connectivity index (χ4n) is 1.88. The average Bonchev–Trinajstić information content (AvgIpc) is 2.45. The maximum atomic E-state index is 9.06. The van der Waals surface area contributed by atoms with Gasteiger partial charge in [0.1, 0.15) is 6.29 Å². The van der Waals surface area contributed by atoms with Crippen LogP contribution in [0, 0.1) is 0 Å². The minimum atomic E-state index is 0.639. The van der Waals surface area contributed by atoms with Crippen LogP contribution in [0.1, 0.15) is 25.3 Å². The van der Waals surface area contributed by atoms with E-state index in [9.17, 15) is 0 Å². The van der Waals surface area contributed by atoms with Gasteiger partial charge in [0.15, 0.2) is 0 Å². The zero-order chi connectivity index (χ0) is 13.2.